The Kier molecular flexibility index (Phi) is 5.25. The maximum absolute atomic E-state index is 14.1. The van der Waals surface area contributed by atoms with Crippen molar-refractivity contribution in [2.45, 2.75) is 6.54 Å². The Morgan fingerprint density at radius 3 is 2.19 bits per heavy atom. The summed E-state index contributed by atoms with van der Waals surface area (Å²) in [5.41, 5.74) is 1.52. The first-order chi connectivity index (χ1) is 12.9. The average Bonchev–Trinajstić information content (AvgIpc) is 3.12. The van der Waals surface area contributed by atoms with Gasteiger partial charge < -0.3 is 0 Å². The number of aromatic nitrogens is 3. The summed E-state index contributed by atoms with van der Waals surface area (Å²) >= 11 is 0. The highest BCUT2D eigenvalue weighted by molar-refractivity contribution is 6.02. The number of hydrazone groups is 1. The molecule has 0 aliphatic heterocycles. The van der Waals surface area contributed by atoms with Crippen LogP contribution < -0.4 is 5.43 Å². The molecule has 0 atom stereocenters. The van der Waals surface area contributed by atoms with Gasteiger partial charge in [0.05, 0.1) is 17.8 Å². The Bertz CT molecular complexity index is 1000. The number of benzene rings is 2. The summed E-state index contributed by atoms with van der Waals surface area (Å²) in [7, 11) is 0. The van der Waals surface area contributed by atoms with Crippen molar-refractivity contribution < 1.29 is 22.4 Å². The number of nitrogens with one attached hydrogen (secondary N) is 1. The largest absolute Gasteiger partial charge is 0.274 e. The van der Waals surface area contributed by atoms with Crippen LogP contribution in [0.1, 0.15) is 15.9 Å². The third-order valence-corrected chi connectivity index (χ3v) is 3.49. The van der Waals surface area contributed by atoms with Gasteiger partial charge in [0.25, 0.3) is 5.91 Å². The molecule has 27 heavy (non-hydrogen) atoms. The molecule has 0 bridgehead atoms. The molecular formula is C17H11F4N5O. The Balaban J connectivity index is 1.90. The van der Waals surface area contributed by atoms with E-state index in [0.29, 0.717) is 12.1 Å². The van der Waals surface area contributed by atoms with Gasteiger partial charge in [-0.05, 0) is 24.3 Å². The van der Waals surface area contributed by atoms with Crippen LogP contribution in [0, 0.1) is 23.3 Å². The molecule has 1 amide bonds. The molecule has 138 valence electrons. The molecule has 1 N–H and O–H groups in total. The molecule has 1 aromatic heterocycles. The molecule has 0 unspecified atom stereocenters. The number of hydrogen-bond donors (Lipinski definition) is 1. The lowest BCUT2D eigenvalue weighted by Crippen LogP contribution is -2.24. The molecule has 0 aliphatic rings. The molecule has 0 spiro atoms. The van der Waals surface area contributed by atoms with Gasteiger partial charge in [-0.3, -0.25) is 4.79 Å². The van der Waals surface area contributed by atoms with Crippen molar-refractivity contribution in [3.8, 4) is 0 Å². The van der Waals surface area contributed by atoms with Gasteiger partial charge in [0.2, 0.25) is 0 Å². The fraction of sp³-hybridized carbons (Fsp3) is 0.0588. The molecule has 0 fully saturated rings. The highest BCUT2D eigenvalue weighted by Crippen LogP contribution is 2.13. The molecule has 0 saturated carbocycles. The third kappa shape index (κ3) is 4.35. The Hall–Kier alpha value is -3.56. The minimum Gasteiger partial charge on any atom is -0.267 e. The summed E-state index contributed by atoms with van der Waals surface area (Å²) in [5, 5.41) is 7.66. The molecule has 0 saturated heterocycles. The number of nitrogens with zero attached hydrogens (tertiary/aromatic N) is 4. The lowest BCUT2D eigenvalue weighted by Gasteiger charge is -2.09. The first-order valence-electron chi connectivity index (χ1n) is 7.54. The average molecular weight is 377 g/mol. The quantitative estimate of drug-likeness (QED) is 0.422. The monoisotopic (exact) mass is 377 g/mol. The lowest BCUT2D eigenvalue weighted by atomic mass is 10.1. The van der Waals surface area contributed by atoms with E-state index in [0.717, 1.165) is 24.3 Å². The van der Waals surface area contributed by atoms with Crippen LogP contribution in [0.4, 0.5) is 17.6 Å². The molecule has 2 aromatic carbocycles. The Morgan fingerprint density at radius 1 is 1.00 bits per heavy atom. The van der Waals surface area contributed by atoms with E-state index in [4.69, 9.17) is 0 Å². The van der Waals surface area contributed by atoms with Gasteiger partial charge in [0.1, 0.15) is 35.9 Å². The van der Waals surface area contributed by atoms with E-state index >= 15 is 0 Å². The van der Waals surface area contributed by atoms with Gasteiger partial charge in [-0.1, -0.05) is 0 Å². The van der Waals surface area contributed by atoms with Gasteiger partial charge in [0, 0.05) is 17.7 Å². The second kappa shape index (κ2) is 7.77. The molecule has 10 heteroatoms. The van der Waals surface area contributed by atoms with Crippen LogP contribution in [-0.4, -0.2) is 26.4 Å². The maximum atomic E-state index is 14.1. The van der Waals surface area contributed by atoms with Gasteiger partial charge >= 0.3 is 0 Å². The molecule has 1 heterocycles. The van der Waals surface area contributed by atoms with Crippen molar-refractivity contribution in [1.82, 2.24) is 20.2 Å². The molecule has 6 nitrogen and oxygen atoms in total. The van der Waals surface area contributed by atoms with Crippen LogP contribution in [0.2, 0.25) is 0 Å². The summed E-state index contributed by atoms with van der Waals surface area (Å²) in [6.45, 7) is -0.102. The van der Waals surface area contributed by atoms with E-state index < -0.39 is 34.7 Å². The minimum absolute atomic E-state index is 0.0196. The van der Waals surface area contributed by atoms with Gasteiger partial charge in [-0.25, -0.2) is 32.7 Å². The van der Waals surface area contributed by atoms with Crippen LogP contribution in [0.25, 0.3) is 0 Å². The topological polar surface area (TPSA) is 72.2 Å². The predicted octanol–water partition coefficient (Wildman–Crippen LogP) is 2.67. The zero-order chi connectivity index (χ0) is 19.4. The van der Waals surface area contributed by atoms with Gasteiger partial charge in [0.15, 0.2) is 0 Å². The van der Waals surface area contributed by atoms with E-state index in [2.05, 4.69) is 20.6 Å². The number of carbonyl (C=O) groups excluding carboxylic acids is 1. The summed E-state index contributed by atoms with van der Waals surface area (Å²) in [6.07, 6.45) is 2.57. The first kappa shape index (κ1) is 18.2. The van der Waals surface area contributed by atoms with Crippen LogP contribution >= 0.6 is 0 Å². The van der Waals surface area contributed by atoms with Crippen molar-refractivity contribution >= 4 is 11.6 Å². The first-order valence-corrected chi connectivity index (χ1v) is 7.54. The van der Waals surface area contributed by atoms with Gasteiger partial charge in [-0.2, -0.15) is 10.2 Å². The normalized spacial score (nSPS) is 11.5. The maximum Gasteiger partial charge on any atom is 0.274 e. The zero-order valence-electron chi connectivity index (χ0n) is 13.5. The van der Waals surface area contributed by atoms with Crippen molar-refractivity contribution in [3.63, 3.8) is 0 Å². The second-order valence-electron chi connectivity index (χ2n) is 5.34. The number of amides is 1. The second-order valence-corrected chi connectivity index (χ2v) is 5.34. The van der Waals surface area contributed by atoms with E-state index in [9.17, 15) is 22.4 Å². The van der Waals surface area contributed by atoms with Gasteiger partial charge in [-0.15, -0.1) is 0 Å². The standard InChI is InChI=1S/C17H11F4N5O/c18-10-1-3-12(14(20)5-10)16(7-26-9-22-8-23-26)24-25-17(27)13-4-2-11(19)6-15(13)21/h1-6,8-9H,7H2,(H,25,27)/b24-16-. The van der Waals surface area contributed by atoms with Crippen LogP contribution in [0.3, 0.4) is 0 Å². The predicted molar refractivity (Wildman–Crippen MR) is 86.7 cm³/mol. The molecule has 0 aliphatic carbocycles. The number of halogens is 4. The minimum atomic E-state index is -1.08. The van der Waals surface area contributed by atoms with E-state index in [1.807, 2.05) is 0 Å². The Morgan fingerprint density at radius 2 is 1.63 bits per heavy atom. The van der Waals surface area contributed by atoms with Crippen molar-refractivity contribution in [2.75, 3.05) is 0 Å². The van der Waals surface area contributed by atoms with Crippen molar-refractivity contribution in [1.29, 1.82) is 0 Å². The number of carbonyl (C=O) groups is 1. The molecular weight excluding hydrogens is 366 g/mol. The van der Waals surface area contributed by atoms with Crippen LogP contribution in [0.15, 0.2) is 54.2 Å². The fourth-order valence-corrected chi connectivity index (χ4v) is 2.22. The SMILES string of the molecule is O=C(N/N=C(/Cn1cncn1)c1ccc(F)cc1F)c1ccc(F)cc1F. The van der Waals surface area contributed by atoms with E-state index in [-0.39, 0.29) is 17.8 Å². The molecule has 0 radical (unpaired) electrons. The third-order valence-electron chi connectivity index (χ3n) is 3.49. The zero-order valence-corrected chi connectivity index (χ0v) is 13.5. The summed E-state index contributed by atoms with van der Waals surface area (Å²) in [4.78, 5) is 15.8. The highest BCUT2D eigenvalue weighted by atomic mass is 19.1. The van der Waals surface area contributed by atoms with Crippen molar-refractivity contribution in [3.05, 3.63) is 83.4 Å². The van der Waals surface area contributed by atoms with E-state index in [1.165, 1.54) is 17.3 Å². The van der Waals surface area contributed by atoms with Crippen molar-refractivity contribution in [2.24, 2.45) is 5.10 Å². The van der Waals surface area contributed by atoms with E-state index in [1.54, 1.807) is 0 Å². The molecule has 3 aromatic rings. The number of rotatable bonds is 5. The highest BCUT2D eigenvalue weighted by Gasteiger charge is 2.15. The lowest BCUT2D eigenvalue weighted by molar-refractivity contribution is 0.0950. The molecule has 3 rings (SSSR count). The van der Waals surface area contributed by atoms with Crippen LogP contribution in [0.5, 0.6) is 0 Å². The summed E-state index contributed by atoms with van der Waals surface area (Å²) in [6, 6.07) is 5.24. The summed E-state index contributed by atoms with van der Waals surface area (Å²) < 4.78 is 55.2. The summed E-state index contributed by atoms with van der Waals surface area (Å²) in [5.74, 6) is -4.57. The Labute approximate surface area is 150 Å². The number of hydrogen-bond acceptors (Lipinski definition) is 4. The van der Waals surface area contributed by atoms with Crippen LogP contribution in [-0.2, 0) is 6.54 Å². The fourth-order valence-electron chi connectivity index (χ4n) is 2.22. The smallest absolute Gasteiger partial charge is 0.267 e.